The molecule has 2 rings (SSSR count). The zero-order valence-electron chi connectivity index (χ0n) is 12.9. The lowest BCUT2D eigenvalue weighted by molar-refractivity contribution is 0.392. The molecule has 0 N–H and O–H groups in total. The number of methoxy groups -OCH3 is 2. The zero-order chi connectivity index (χ0) is 15.1. The molecule has 0 fully saturated rings. The SMILES string of the molecule is CCCc1cccc(/C=C/c2c(OC)cccc2OC)c1. The molecule has 110 valence electrons. The van der Waals surface area contributed by atoms with Crippen LogP contribution in [0.15, 0.2) is 42.5 Å². The minimum absolute atomic E-state index is 0.815. The van der Waals surface area contributed by atoms with Crippen LogP contribution >= 0.6 is 0 Å². The molecule has 0 spiro atoms. The van der Waals surface area contributed by atoms with Gasteiger partial charge in [-0.2, -0.15) is 0 Å². The minimum Gasteiger partial charge on any atom is -0.496 e. The lowest BCUT2D eigenvalue weighted by atomic mass is 10.1. The van der Waals surface area contributed by atoms with Gasteiger partial charge in [-0.1, -0.05) is 49.8 Å². The first-order valence-corrected chi connectivity index (χ1v) is 7.26. The van der Waals surface area contributed by atoms with Crippen LogP contribution in [0.25, 0.3) is 12.2 Å². The van der Waals surface area contributed by atoms with E-state index < -0.39 is 0 Å². The second-order valence-electron chi connectivity index (χ2n) is 4.90. The summed E-state index contributed by atoms with van der Waals surface area (Å²) >= 11 is 0. The third-order valence-corrected chi connectivity index (χ3v) is 3.40. The average molecular weight is 282 g/mol. The number of ether oxygens (including phenoxy) is 2. The van der Waals surface area contributed by atoms with Crippen molar-refractivity contribution in [3.63, 3.8) is 0 Å². The van der Waals surface area contributed by atoms with Crippen molar-refractivity contribution >= 4 is 12.2 Å². The van der Waals surface area contributed by atoms with Gasteiger partial charge < -0.3 is 9.47 Å². The van der Waals surface area contributed by atoms with E-state index in [1.165, 1.54) is 11.1 Å². The smallest absolute Gasteiger partial charge is 0.129 e. The Balaban J connectivity index is 2.30. The quantitative estimate of drug-likeness (QED) is 0.707. The molecule has 0 aromatic heterocycles. The van der Waals surface area contributed by atoms with Crippen molar-refractivity contribution in [1.29, 1.82) is 0 Å². The maximum atomic E-state index is 5.41. The summed E-state index contributed by atoms with van der Waals surface area (Å²) in [6.45, 7) is 2.20. The van der Waals surface area contributed by atoms with E-state index in [0.717, 1.165) is 29.9 Å². The topological polar surface area (TPSA) is 18.5 Å². The van der Waals surface area contributed by atoms with Gasteiger partial charge in [0.05, 0.1) is 19.8 Å². The molecule has 0 bridgehead atoms. The average Bonchev–Trinajstić information content (AvgIpc) is 2.53. The summed E-state index contributed by atoms with van der Waals surface area (Å²) in [4.78, 5) is 0. The van der Waals surface area contributed by atoms with E-state index >= 15 is 0 Å². The molecular weight excluding hydrogens is 260 g/mol. The van der Waals surface area contributed by atoms with Crippen LogP contribution in [0.1, 0.15) is 30.0 Å². The molecule has 0 heterocycles. The molecule has 2 aromatic rings. The Morgan fingerprint density at radius 2 is 1.57 bits per heavy atom. The number of benzene rings is 2. The van der Waals surface area contributed by atoms with Crippen LogP contribution in [0.4, 0.5) is 0 Å². The van der Waals surface area contributed by atoms with Crippen LogP contribution in [-0.4, -0.2) is 14.2 Å². The summed E-state index contributed by atoms with van der Waals surface area (Å²) in [6, 6.07) is 14.4. The molecule has 2 nitrogen and oxygen atoms in total. The summed E-state index contributed by atoms with van der Waals surface area (Å²) in [7, 11) is 3.35. The van der Waals surface area contributed by atoms with Gasteiger partial charge in [-0.05, 0) is 35.8 Å². The van der Waals surface area contributed by atoms with Gasteiger partial charge >= 0.3 is 0 Å². The normalized spacial score (nSPS) is 10.8. The fourth-order valence-electron chi connectivity index (χ4n) is 2.36. The molecule has 0 saturated carbocycles. The van der Waals surface area contributed by atoms with Gasteiger partial charge in [-0.15, -0.1) is 0 Å². The second kappa shape index (κ2) is 7.53. The first-order valence-electron chi connectivity index (χ1n) is 7.26. The van der Waals surface area contributed by atoms with E-state index in [2.05, 4.69) is 37.3 Å². The molecule has 0 amide bonds. The monoisotopic (exact) mass is 282 g/mol. The summed E-state index contributed by atoms with van der Waals surface area (Å²) in [5.41, 5.74) is 3.52. The highest BCUT2D eigenvalue weighted by Gasteiger charge is 2.06. The van der Waals surface area contributed by atoms with Gasteiger partial charge in [0.2, 0.25) is 0 Å². The van der Waals surface area contributed by atoms with Crippen molar-refractivity contribution < 1.29 is 9.47 Å². The fourth-order valence-corrected chi connectivity index (χ4v) is 2.36. The molecule has 2 aromatic carbocycles. The number of hydrogen-bond acceptors (Lipinski definition) is 2. The van der Waals surface area contributed by atoms with Gasteiger partial charge in [-0.25, -0.2) is 0 Å². The van der Waals surface area contributed by atoms with Crippen LogP contribution in [-0.2, 0) is 6.42 Å². The first kappa shape index (κ1) is 15.2. The Morgan fingerprint density at radius 1 is 0.905 bits per heavy atom. The molecule has 0 atom stereocenters. The summed E-state index contributed by atoms with van der Waals surface area (Å²) in [5, 5.41) is 0. The predicted molar refractivity (Wildman–Crippen MR) is 88.9 cm³/mol. The lowest BCUT2D eigenvalue weighted by Gasteiger charge is -2.09. The minimum atomic E-state index is 0.815. The van der Waals surface area contributed by atoms with Crippen LogP contribution in [0.5, 0.6) is 11.5 Å². The van der Waals surface area contributed by atoms with Gasteiger partial charge in [-0.3, -0.25) is 0 Å². The molecular formula is C19H22O2. The van der Waals surface area contributed by atoms with Crippen LogP contribution in [0.3, 0.4) is 0 Å². The Hall–Kier alpha value is -2.22. The third-order valence-electron chi connectivity index (χ3n) is 3.40. The highest BCUT2D eigenvalue weighted by molar-refractivity contribution is 5.76. The summed E-state index contributed by atoms with van der Waals surface area (Å²) in [5.74, 6) is 1.63. The predicted octanol–water partition coefficient (Wildman–Crippen LogP) is 4.83. The highest BCUT2D eigenvalue weighted by Crippen LogP contribution is 2.30. The summed E-state index contributed by atoms with van der Waals surface area (Å²) < 4.78 is 10.8. The number of rotatable bonds is 6. The first-order chi connectivity index (χ1) is 10.3. The van der Waals surface area contributed by atoms with E-state index in [1.807, 2.05) is 24.3 Å². The number of aryl methyl sites for hydroxylation is 1. The number of hydrogen-bond donors (Lipinski definition) is 0. The van der Waals surface area contributed by atoms with Gasteiger partial charge in [0.1, 0.15) is 11.5 Å². The van der Waals surface area contributed by atoms with Crippen molar-refractivity contribution in [3.8, 4) is 11.5 Å². The Morgan fingerprint density at radius 3 is 2.19 bits per heavy atom. The van der Waals surface area contributed by atoms with Crippen molar-refractivity contribution in [2.45, 2.75) is 19.8 Å². The van der Waals surface area contributed by atoms with Crippen LogP contribution in [0, 0.1) is 0 Å². The lowest BCUT2D eigenvalue weighted by Crippen LogP contribution is -1.91. The van der Waals surface area contributed by atoms with Crippen molar-refractivity contribution in [3.05, 3.63) is 59.2 Å². The van der Waals surface area contributed by atoms with E-state index in [-0.39, 0.29) is 0 Å². The molecule has 0 aliphatic rings. The summed E-state index contributed by atoms with van der Waals surface area (Å²) in [6.07, 6.45) is 6.41. The molecule has 2 heteroatoms. The Bertz CT molecular complexity index is 592. The van der Waals surface area contributed by atoms with Crippen molar-refractivity contribution in [2.75, 3.05) is 14.2 Å². The van der Waals surface area contributed by atoms with E-state index in [0.29, 0.717) is 0 Å². The zero-order valence-corrected chi connectivity index (χ0v) is 12.9. The molecule has 0 unspecified atom stereocenters. The van der Waals surface area contributed by atoms with Gasteiger partial charge in [0.15, 0.2) is 0 Å². The van der Waals surface area contributed by atoms with E-state index in [1.54, 1.807) is 14.2 Å². The molecule has 0 aliphatic heterocycles. The maximum Gasteiger partial charge on any atom is 0.129 e. The van der Waals surface area contributed by atoms with E-state index in [4.69, 9.17) is 9.47 Å². The standard InChI is InChI=1S/C19H22O2/c1-4-7-15-8-5-9-16(14-15)12-13-17-18(20-2)10-6-11-19(17)21-3/h5-6,8-14H,4,7H2,1-3H3/b13-12+. The van der Waals surface area contributed by atoms with Crippen LogP contribution in [0.2, 0.25) is 0 Å². The largest absolute Gasteiger partial charge is 0.496 e. The molecule has 0 radical (unpaired) electrons. The highest BCUT2D eigenvalue weighted by atomic mass is 16.5. The third kappa shape index (κ3) is 3.88. The molecule has 0 saturated heterocycles. The molecule has 0 aliphatic carbocycles. The van der Waals surface area contributed by atoms with Crippen molar-refractivity contribution in [1.82, 2.24) is 0 Å². The second-order valence-corrected chi connectivity index (χ2v) is 4.90. The Kier molecular flexibility index (Phi) is 5.44. The van der Waals surface area contributed by atoms with Crippen molar-refractivity contribution in [2.24, 2.45) is 0 Å². The fraction of sp³-hybridized carbons (Fsp3) is 0.263. The Labute approximate surface area is 127 Å². The van der Waals surface area contributed by atoms with Gasteiger partial charge in [0.25, 0.3) is 0 Å². The maximum absolute atomic E-state index is 5.41. The van der Waals surface area contributed by atoms with Gasteiger partial charge in [0, 0.05) is 0 Å². The molecule has 21 heavy (non-hydrogen) atoms. The van der Waals surface area contributed by atoms with Crippen LogP contribution < -0.4 is 9.47 Å². The van der Waals surface area contributed by atoms with E-state index in [9.17, 15) is 0 Å².